The van der Waals surface area contributed by atoms with Gasteiger partial charge in [-0.2, -0.15) is 0 Å². The molecule has 5 rings (SSSR count). The van der Waals surface area contributed by atoms with Crippen LogP contribution in [0.25, 0.3) is 5.57 Å². The Morgan fingerprint density at radius 1 is 1.10 bits per heavy atom. The number of thiazole rings is 1. The van der Waals surface area contributed by atoms with Crippen LogP contribution >= 0.6 is 27.3 Å². The summed E-state index contributed by atoms with van der Waals surface area (Å²) in [4.78, 5) is 23.1. The van der Waals surface area contributed by atoms with E-state index in [2.05, 4.69) is 20.9 Å². The number of fused-ring (bicyclic) bond motifs is 1. The fourth-order valence-corrected chi connectivity index (χ4v) is 5.73. The molecule has 152 valence electrons. The highest BCUT2D eigenvalue weighted by molar-refractivity contribution is 9.10. The lowest BCUT2D eigenvalue weighted by Gasteiger charge is -2.23. The van der Waals surface area contributed by atoms with Crippen molar-refractivity contribution in [1.82, 2.24) is 4.57 Å². The first-order valence-electron chi connectivity index (χ1n) is 10.1. The number of carbonyl (C=O) groups is 1. The lowest BCUT2D eigenvalue weighted by atomic mass is 9.95. The highest BCUT2D eigenvalue weighted by Crippen LogP contribution is 2.36. The molecule has 0 unspecified atom stereocenters. The summed E-state index contributed by atoms with van der Waals surface area (Å²) in [6, 6.07) is 15.5. The van der Waals surface area contributed by atoms with Gasteiger partial charge < -0.3 is 5.11 Å². The van der Waals surface area contributed by atoms with Crippen LogP contribution in [0.4, 0.5) is 5.69 Å². The van der Waals surface area contributed by atoms with Crippen LogP contribution in [0, 0.1) is 0 Å². The molecule has 7 heteroatoms. The minimum atomic E-state index is -0.318. The molecule has 3 aromatic rings. The second-order valence-electron chi connectivity index (χ2n) is 7.60. The Morgan fingerprint density at radius 2 is 1.87 bits per heavy atom. The van der Waals surface area contributed by atoms with Gasteiger partial charge in [0.15, 0.2) is 4.80 Å². The van der Waals surface area contributed by atoms with Crippen LogP contribution in [0.2, 0.25) is 0 Å². The van der Waals surface area contributed by atoms with Crippen molar-refractivity contribution in [3.63, 3.8) is 0 Å². The number of benzene rings is 2. The topological polar surface area (TPSA) is 67.0 Å². The number of halogens is 1. The third kappa shape index (κ3) is 3.46. The lowest BCUT2D eigenvalue weighted by Crippen LogP contribution is -2.23. The molecule has 2 aliphatic rings. The van der Waals surface area contributed by atoms with E-state index in [-0.39, 0.29) is 17.8 Å². The van der Waals surface area contributed by atoms with Crippen LogP contribution in [0.1, 0.15) is 43.0 Å². The Bertz CT molecular complexity index is 1320. The molecule has 1 fully saturated rings. The van der Waals surface area contributed by atoms with E-state index in [0.29, 0.717) is 20.6 Å². The second kappa shape index (κ2) is 7.96. The molecule has 0 saturated heterocycles. The molecule has 0 bridgehead atoms. The molecule has 2 aromatic carbocycles. The number of hydrogen-bond acceptors (Lipinski definition) is 4. The SMILES string of the molecule is O=C1N=c2ccc(Br)cc2=C1c1sc(=Nc2ccccc2)n(C2CCCCC2)c1O. The van der Waals surface area contributed by atoms with E-state index < -0.39 is 0 Å². The zero-order valence-electron chi connectivity index (χ0n) is 16.2. The predicted octanol–water partition coefficient (Wildman–Crippen LogP) is 4.11. The van der Waals surface area contributed by atoms with Gasteiger partial charge in [0.25, 0.3) is 5.91 Å². The van der Waals surface area contributed by atoms with Crippen LogP contribution in [-0.4, -0.2) is 15.6 Å². The van der Waals surface area contributed by atoms with E-state index in [1.807, 2.05) is 53.1 Å². The van der Waals surface area contributed by atoms with Crippen molar-refractivity contribution in [3.8, 4) is 5.88 Å². The Labute approximate surface area is 185 Å². The molecule has 1 saturated carbocycles. The minimum Gasteiger partial charge on any atom is -0.493 e. The molecule has 1 aromatic heterocycles. The molecule has 30 heavy (non-hydrogen) atoms. The maximum Gasteiger partial charge on any atom is 0.279 e. The van der Waals surface area contributed by atoms with E-state index in [4.69, 9.17) is 4.99 Å². The molecule has 0 spiro atoms. The zero-order chi connectivity index (χ0) is 20.7. The van der Waals surface area contributed by atoms with Crippen LogP contribution in [0.3, 0.4) is 0 Å². The molecule has 1 amide bonds. The van der Waals surface area contributed by atoms with E-state index in [1.165, 1.54) is 17.8 Å². The van der Waals surface area contributed by atoms with Crippen LogP contribution in [0.15, 0.2) is 63.0 Å². The highest BCUT2D eigenvalue weighted by atomic mass is 79.9. The molecule has 1 aliphatic carbocycles. The van der Waals surface area contributed by atoms with E-state index in [0.717, 1.165) is 41.1 Å². The smallest absolute Gasteiger partial charge is 0.279 e. The quantitative estimate of drug-likeness (QED) is 0.611. The van der Waals surface area contributed by atoms with Gasteiger partial charge in [-0.1, -0.05) is 64.7 Å². The summed E-state index contributed by atoms with van der Waals surface area (Å²) in [5, 5.41) is 12.7. The summed E-state index contributed by atoms with van der Waals surface area (Å²) in [5.74, 6) is -0.199. The van der Waals surface area contributed by atoms with Crippen molar-refractivity contribution in [1.29, 1.82) is 0 Å². The van der Waals surface area contributed by atoms with Gasteiger partial charge in [-0.25, -0.2) is 9.98 Å². The minimum absolute atomic E-state index is 0.118. The molecular formula is C23H20BrN3O2S. The first kappa shape index (κ1) is 19.5. The van der Waals surface area contributed by atoms with E-state index in [9.17, 15) is 9.90 Å². The van der Waals surface area contributed by atoms with Crippen molar-refractivity contribution in [2.75, 3.05) is 0 Å². The highest BCUT2D eigenvalue weighted by Gasteiger charge is 2.28. The number of rotatable bonds is 3. The molecule has 5 nitrogen and oxygen atoms in total. The Hall–Kier alpha value is -2.51. The maximum absolute atomic E-state index is 12.8. The normalized spacial score (nSPS) is 17.3. The first-order chi connectivity index (χ1) is 14.6. The number of aromatic nitrogens is 1. The lowest BCUT2D eigenvalue weighted by molar-refractivity contribution is -0.112. The summed E-state index contributed by atoms with van der Waals surface area (Å²) in [6.45, 7) is 0. The van der Waals surface area contributed by atoms with Crippen LogP contribution < -0.4 is 15.4 Å². The number of amides is 1. The summed E-state index contributed by atoms with van der Waals surface area (Å²) < 4.78 is 2.80. The summed E-state index contributed by atoms with van der Waals surface area (Å²) in [6.07, 6.45) is 5.49. The molecule has 1 aliphatic heterocycles. The molecule has 0 radical (unpaired) electrons. The maximum atomic E-state index is 12.8. The number of para-hydroxylation sites is 1. The number of carbonyl (C=O) groups excluding carboxylic acids is 1. The summed E-state index contributed by atoms with van der Waals surface area (Å²) in [7, 11) is 0. The molecule has 1 N–H and O–H groups in total. The van der Waals surface area contributed by atoms with Gasteiger partial charge in [0, 0.05) is 15.7 Å². The fourth-order valence-electron chi connectivity index (χ4n) is 4.21. The van der Waals surface area contributed by atoms with Gasteiger partial charge in [-0.3, -0.25) is 9.36 Å². The number of nitrogens with zero attached hydrogens (tertiary/aromatic N) is 3. The average Bonchev–Trinajstić information content (AvgIpc) is 3.24. The van der Waals surface area contributed by atoms with Gasteiger partial charge in [0.2, 0.25) is 5.88 Å². The third-order valence-corrected chi connectivity index (χ3v) is 7.20. The largest absolute Gasteiger partial charge is 0.493 e. The first-order valence-corrected chi connectivity index (χ1v) is 11.7. The molecule has 2 heterocycles. The standard InChI is InChI=1S/C23H20BrN3O2S/c24-14-11-12-18-17(13-14)19(21(28)26-18)20-22(29)27(16-9-5-2-6-10-16)23(30-20)25-15-7-3-1-4-8-15/h1,3-4,7-8,11-13,16,29H,2,5-6,9-10H2. The molecule has 0 atom stereocenters. The third-order valence-electron chi connectivity index (χ3n) is 5.64. The Morgan fingerprint density at radius 3 is 2.63 bits per heavy atom. The van der Waals surface area contributed by atoms with Gasteiger partial charge >= 0.3 is 0 Å². The van der Waals surface area contributed by atoms with Gasteiger partial charge in [0.1, 0.15) is 4.88 Å². The predicted molar refractivity (Wildman–Crippen MR) is 120 cm³/mol. The average molecular weight is 482 g/mol. The molecular weight excluding hydrogens is 462 g/mol. The van der Waals surface area contributed by atoms with Crippen molar-refractivity contribution >= 4 is 44.4 Å². The monoisotopic (exact) mass is 481 g/mol. The summed E-state index contributed by atoms with van der Waals surface area (Å²) in [5.41, 5.74) is 1.28. The van der Waals surface area contributed by atoms with Crippen molar-refractivity contribution in [2.24, 2.45) is 9.98 Å². The van der Waals surface area contributed by atoms with Gasteiger partial charge in [-0.05, 0) is 43.2 Å². The fraction of sp³-hybridized carbons (Fsp3) is 0.261. The zero-order valence-corrected chi connectivity index (χ0v) is 18.6. The van der Waals surface area contributed by atoms with Crippen molar-refractivity contribution in [3.05, 3.63) is 73.3 Å². The number of hydrogen-bond donors (Lipinski definition) is 1. The van der Waals surface area contributed by atoms with E-state index in [1.54, 1.807) is 0 Å². The Balaban J connectivity index is 1.77. The Kier molecular flexibility index (Phi) is 5.16. The van der Waals surface area contributed by atoms with Gasteiger partial charge in [-0.15, -0.1) is 0 Å². The van der Waals surface area contributed by atoms with Crippen LogP contribution in [0.5, 0.6) is 5.88 Å². The van der Waals surface area contributed by atoms with Gasteiger partial charge in [0.05, 0.1) is 16.6 Å². The van der Waals surface area contributed by atoms with Crippen molar-refractivity contribution in [2.45, 2.75) is 38.1 Å². The summed E-state index contributed by atoms with van der Waals surface area (Å²) >= 11 is 4.84. The van der Waals surface area contributed by atoms with E-state index >= 15 is 0 Å². The second-order valence-corrected chi connectivity index (χ2v) is 9.49. The van der Waals surface area contributed by atoms with Crippen molar-refractivity contribution < 1.29 is 9.90 Å². The van der Waals surface area contributed by atoms with Crippen LogP contribution in [-0.2, 0) is 4.79 Å². The number of aromatic hydroxyl groups is 1.